The molecule has 1 saturated heterocycles. The van der Waals surface area contributed by atoms with Crippen LogP contribution in [0.25, 0.3) is 0 Å². The number of benzene rings is 2. The summed E-state index contributed by atoms with van der Waals surface area (Å²) in [6.45, 7) is 3.64. The number of halogens is 3. The third kappa shape index (κ3) is 4.53. The molecule has 1 heterocycles. The summed E-state index contributed by atoms with van der Waals surface area (Å²) in [7, 11) is -5.76. The van der Waals surface area contributed by atoms with Crippen molar-refractivity contribution < 1.29 is 30.6 Å². The Labute approximate surface area is 191 Å². The molecule has 1 aliphatic heterocycles. The van der Waals surface area contributed by atoms with Gasteiger partial charge >= 0.3 is 15.6 Å². The van der Waals surface area contributed by atoms with E-state index in [1.807, 2.05) is 12.1 Å². The molecule has 1 fully saturated rings. The van der Waals surface area contributed by atoms with Crippen LogP contribution in [0.15, 0.2) is 42.5 Å². The van der Waals surface area contributed by atoms with Gasteiger partial charge in [0.15, 0.2) is 5.78 Å². The largest absolute Gasteiger partial charge is 0.534 e. The number of hydrogen-bond donors (Lipinski definition) is 0. The van der Waals surface area contributed by atoms with Crippen molar-refractivity contribution in [1.29, 1.82) is 0 Å². The van der Waals surface area contributed by atoms with E-state index in [9.17, 15) is 26.4 Å². The molecule has 0 amide bonds. The fourth-order valence-corrected chi connectivity index (χ4v) is 5.49. The van der Waals surface area contributed by atoms with E-state index >= 15 is 0 Å². The van der Waals surface area contributed by atoms with Gasteiger partial charge in [0.05, 0.1) is 5.54 Å². The molecule has 2 aromatic carbocycles. The van der Waals surface area contributed by atoms with Crippen LogP contribution in [0.1, 0.15) is 52.7 Å². The van der Waals surface area contributed by atoms with Crippen LogP contribution in [-0.4, -0.2) is 43.2 Å². The van der Waals surface area contributed by atoms with E-state index in [0.717, 1.165) is 44.8 Å². The minimum absolute atomic E-state index is 0.0431. The molecular weight excluding hydrogens is 455 g/mol. The molecule has 33 heavy (non-hydrogen) atoms. The summed E-state index contributed by atoms with van der Waals surface area (Å²) < 4.78 is 64.9. The number of nitrogens with zero attached hydrogens (tertiary/aromatic N) is 1. The van der Waals surface area contributed by atoms with Crippen LogP contribution in [0.3, 0.4) is 0 Å². The van der Waals surface area contributed by atoms with Crippen LogP contribution in [0.5, 0.6) is 5.75 Å². The van der Waals surface area contributed by atoms with Crippen molar-refractivity contribution in [3.05, 3.63) is 64.7 Å². The molecule has 1 spiro atoms. The minimum Gasteiger partial charge on any atom is -0.376 e. The summed E-state index contributed by atoms with van der Waals surface area (Å²) in [5.41, 5.74) is -2.73. The maximum Gasteiger partial charge on any atom is 0.534 e. The molecule has 0 saturated carbocycles. The van der Waals surface area contributed by atoms with Gasteiger partial charge in [0, 0.05) is 12.1 Å². The highest BCUT2D eigenvalue weighted by Gasteiger charge is 2.50. The minimum atomic E-state index is -5.76. The maximum atomic E-state index is 13.7. The monoisotopic (exact) mass is 481 g/mol. The van der Waals surface area contributed by atoms with Crippen LogP contribution in [-0.2, 0) is 23.0 Å². The molecule has 0 aromatic heterocycles. The first-order valence-corrected chi connectivity index (χ1v) is 12.4. The topological polar surface area (TPSA) is 63.7 Å². The highest BCUT2D eigenvalue weighted by atomic mass is 32.2. The maximum absolute atomic E-state index is 13.7. The van der Waals surface area contributed by atoms with Crippen molar-refractivity contribution in [2.75, 3.05) is 13.1 Å². The Morgan fingerprint density at radius 1 is 1.09 bits per heavy atom. The first-order chi connectivity index (χ1) is 15.5. The molecule has 4 rings (SSSR count). The smallest absolute Gasteiger partial charge is 0.376 e. The number of hydrogen-bond acceptors (Lipinski definition) is 5. The first kappa shape index (κ1) is 23.8. The van der Waals surface area contributed by atoms with Gasteiger partial charge in [-0.05, 0) is 86.9 Å². The van der Waals surface area contributed by atoms with Crippen molar-refractivity contribution in [1.82, 2.24) is 4.90 Å². The number of aryl methyl sites for hydroxylation is 2. The van der Waals surface area contributed by atoms with E-state index in [1.165, 1.54) is 23.3 Å². The quantitative estimate of drug-likeness (QED) is 0.453. The summed E-state index contributed by atoms with van der Waals surface area (Å²) in [4.78, 5) is 15.9. The molecule has 0 bridgehead atoms. The fourth-order valence-electron chi connectivity index (χ4n) is 5.03. The number of fused-ring (bicyclic) bond motifs is 1. The lowest BCUT2D eigenvalue weighted by Gasteiger charge is -2.48. The zero-order valence-electron chi connectivity index (χ0n) is 18.3. The molecule has 0 N–H and O–H groups in total. The van der Waals surface area contributed by atoms with Gasteiger partial charge in [0.1, 0.15) is 5.75 Å². The molecule has 178 valence electrons. The van der Waals surface area contributed by atoms with E-state index in [2.05, 4.69) is 28.1 Å². The number of Topliss-reactive ketones (excluding diaryl/α,β-unsaturated/α-hetero) is 1. The number of carbonyl (C=O) groups excluding carboxylic acids is 1. The van der Waals surface area contributed by atoms with E-state index in [1.54, 1.807) is 0 Å². The Balaban J connectivity index is 1.57. The standard InChI is InChI=1S/C24H26F3NO4S/c1-17-6-2-3-7-18(17)11-15-28-14-5-4-12-23(28)13-10-19-16-20(8-9-21(19)22(23)29)32-33(30,31)24(25,26)27/h2-3,6-9,16H,4-5,10-15H2,1H3. The summed E-state index contributed by atoms with van der Waals surface area (Å²) in [6.07, 6.45) is 4.52. The number of carbonyl (C=O) groups is 1. The van der Waals surface area contributed by atoms with Crippen LogP contribution < -0.4 is 4.18 Å². The van der Waals surface area contributed by atoms with Crippen LogP contribution in [0.2, 0.25) is 0 Å². The van der Waals surface area contributed by atoms with Crippen LogP contribution in [0.4, 0.5) is 13.2 Å². The molecule has 5 nitrogen and oxygen atoms in total. The highest BCUT2D eigenvalue weighted by Crippen LogP contribution is 2.41. The van der Waals surface area contributed by atoms with Gasteiger partial charge in [0.25, 0.3) is 0 Å². The van der Waals surface area contributed by atoms with Crippen molar-refractivity contribution in [3.8, 4) is 5.75 Å². The molecule has 2 aliphatic rings. The summed E-state index contributed by atoms with van der Waals surface area (Å²) >= 11 is 0. The van der Waals surface area contributed by atoms with Gasteiger partial charge < -0.3 is 4.18 Å². The second-order valence-electron chi connectivity index (χ2n) is 8.78. The summed E-state index contributed by atoms with van der Waals surface area (Å²) in [6, 6.07) is 11.9. The Hall–Kier alpha value is -2.39. The normalized spacial score (nSPS) is 21.8. The van der Waals surface area contributed by atoms with Gasteiger partial charge in [-0.25, -0.2) is 0 Å². The Kier molecular flexibility index (Phi) is 6.30. The van der Waals surface area contributed by atoms with E-state index in [0.29, 0.717) is 24.0 Å². The molecule has 2 aromatic rings. The Bertz CT molecular complexity index is 1160. The average molecular weight is 482 g/mol. The SMILES string of the molecule is Cc1ccccc1CCN1CCCCC12CCc1cc(OS(=O)(=O)C(F)(F)F)ccc1C2=O. The van der Waals surface area contributed by atoms with Gasteiger partial charge in [-0.15, -0.1) is 0 Å². The molecule has 1 unspecified atom stereocenters. The van der Waals surface area contributed by atoms with E-state index in [-0.39, 0.29) is 5.78 Å². The zero-order valence-corrected chi connectivity index (χ0v) is 19.1. The second-order valence-corrected chi connectivity index (χ2v) is 10.3. The lowest BCUT2D eigenvalue weighted by Crippen LogP contribution is -2.59. The lowest BCUT2D eigenvalue weighted by atomic mass is 9.71. The zero-order chi connectivity index (χ0) is 23.9. The third-order valence-corrected chi connectivity index (χ3v) is 7.81. The summed E-state index contributed by atoms with van der Waals surface area (Å²) in [5, 5.41) is 0. The second kappa shape index (κ2) is 8.76. The molecule has 0 radical (unpaired) electrons. The Morgan fingerprint density at radius 3 is 2.58 bits per heavy atom. The first-order valence-electron chi connectivity index (χ1n) is 11.0. The van der Waals surface area contributed by atoms with Gasteiger partial charge in [-0.2, -0.15) is 21.6 Å². The van der Waals surface area contributed by atoms with Gasteiger partial charge in [0.2, 0.25) is 0 Å². The average Bonchev–Trinajstić information content (AvgIpc) is 2.76. The van der Waals surface area contributed by atoms with Gasteiger partial charge in [-0.1, -0.05) is 24.3 Å². The molecule has 1 atom stereocenters. The highest BCUT2D eigenvalue weighted by molar-refractivity contribution is 7.88. The predicted octanol–water partition coefficient (Wildman–Crippen LogP) is 4.82. The molecule has 9 heteroatoms. The number of ketones is 1. The van der Waals surface area contributed by atoms with Crippen molar-refractivity contribution in [2.24, 2.45) is 0 Å². The fraction of sp³-hybridized carbons (Fsp3) is 0.458. The van der Waals surface area contributed by atoms with E-state index < -0.39 is 26.9 Å². The number of alkyl halides is 3. The third-order valence-electron chi connectivity index (χ3n) is 6.83. The van der Waals surface area contributed by atoms with Gasteiger partial charge in [-0.3, -0.25) is 9.69 Å². The number of piperidine rings is 1. The summed E-state index contributed by atoms with van der Waals surface area (Å²) in [5.74, 6) is -0.478. The van der Waals surface area contributed by atoms with Crippen molar-refractivity contribution >= 4 is 15.9 Å². The Morgan fingerprint density at radius 2 is 1.85 bits per heavy atom. The predicted molar refractivity (Wildman–Crippen MR) is 118 cm³/mol. The number of rotatable bonds is 5. The lowest BCUT2D eigenvalue weighted by molar-refractivity contribution is -0.0500. The molecular formula is C24H26F3NO4S. The number of likely N-dealkylation sites (tertiary alicyclic amines) is 1. The van der Waals surface area contributed by atoms with Crippen molar-refractivity contribution in [3.63, 3.8) is 0 Å². The van der Waals surface area contributed by atoms with Crippen LogP contribution >= 0.6 is 0 Å². The molecule has 1 aliphatic carbocycles. The van der Waals surface area contributed by atoms with Crippen LogP contribution in [0, 0.1) is 6.92 Å². The van der Waals surface area contributed by atoms with E-state index in [4.69, 9.17) is 0 Å². The van der Waals surface area contributed by atoms with Crippen molar-refractivity contribution in [2.45, 2.75) is 56.5 Å².